The van der Waals surface area contributed by atoms with E-state index in [9.17, 15) is 0 Å². The quantitative estimate of drug-likeness (QED) is 0.329. The molecule has 0 saturated heterocycles. The second-order valence-corrected chi connectivity index (χ2v) is 7.61. The molecule has 3 nitrogen and oxygen atoms in total. The van der Waals surface area contributed by atoms with Crippen molar-refractivity contribution in [3.63, 3.8) is 0 Å². The van der Waals surface area contributed by atoms with E-state index in [-0.39, 0.29) is 12.4 Å². The zero-order chi connectivity index (χ0) is 19.7. The fourth-order valence-corrected chi connectivity index (χ4v) is 3.74. The summed E-state index contributed by atoms with van der Waals surface area (Å²) in [6, 6.07) is 17.8. The average molecular weight is 448 g/mol. The molecule has 0 fully saturated rings. The monoisotopic (exact) mass is 446 g/mol. The zero-order valence-corrected chi connectivity index (χ0v) is 18.5. The number of benzene rings is 2. The molecule has 2 aromatic heterocycles. The molecule has 0 bridgehead atoms. The van der Waals surface area contributed by atoms with Gasteiger partial charge in [0.05, 0.1) is 15.6 Å². The molecule has 29 heavy (non-hydrogen) atoms. The van der Waals surface area contributed by atoms with Gasteiger partial charge in [-0.1, -0.05) is 53.5 Å². The van der Waals surface area contributed by atoms with Gasteiger partial charge in [0.1, 0.15) is 18.1 Å². The normalized spacial score (nSPS) is 10.8. The van der Waals surface area contributed by atoms with Crippen LogP contribution in [-0.2, 0) is 13.2 Å². The van der Waals surface area contributed by atoms with Crippen LogP contribution in [0.3, 0.4) is 0 Å². The molecule has 0 amide bonds. The summed E-state index contributed by atoms with van der Waals surface area (Å²) in [6.45, 7) is 5.46. The van der Waals surface area contributed by atoms with Crippen molar-refractivity contribution in [1.29, 1.82) is 0 Å². The first kappa shape index (κ1) is 21.5. The van der Waals surface area contributed by atoms with E-state index in [1.54, 1.807) is 12.1 Å². The Morgan fingerprint density at radius 1 is 0.966 bits per heavy atom. The number of aromatic nitrogens is 2. The molecule has 2 heterocycles. The first-order chi connectivity index (χ1) is 13.5. The lowest BCUT2D eigenvalue weighted by Crippen LogP contribution is -2.06. The molecular formula is C23H21Cl3N2O. The molecule has 0 atom stereocenters. The number of fused-ring (bicyclic) bond motifs is 1. The van der Waals surface area contributed by atoms with Crippen molar-refractivity contribution in [2.45, 2.75) is 27.0 Å². The highest BCUT2D eigenvalue weighted by atomic mass is 35.5. The van der Waals surface area contributed by atoms with Crippen molar-refractivity contribution in [2.75, 3.05) is 0 Å². The van der Waals surface area contributed by atoms with Crippen LogP contribution in [0.4, 0.5) is 0 Å². The fourth-order valence-electron chi connectivity index (χ4n) is 3.45. The molecule has 0 N–H and O–H groups in total. The van der Waals surface area contributed by atoms with Gasteiger partial charge in [0.15, 0.2) is 0 Å². The summed E-state index contributed by atoms with van der Waals surface area (Å²) < 4.78 is 8.29. The number of hydrogen-bond acceptors (Lipinski definition) is 2. The summed E-state index contributed by atoms with van der Waals surface area (Å²) in [4.78, 5) is 4.61. The van der Waals surface area contributed by atoms with Crippen LogP contribution in [0.2, 0.25) is 10.0 Å². The molecule has 4 rings (SSSR count). The first-order valence-corrected chi connectivity index (χ1v) is 9.85. The molecule has 0 aliphatic heterocycles. The van der Waals surface area contributed by atoms with Gasteiger partial charge in [-0.3, -0.25) is 4.98 Å². The average Bonchev–Trinajstić information content (AvgIpc) is 2.95. The van der Waals surface area contributed by atoms with Crippen LogP contribution in [0.15, 0.2) is 60.8 Å². The van der Waals surface area contributed by atoms with E-state index in [0.717, 1.165) is 17.8 Å². The van der Waals surface area contributed by atoms with Crippen molar-refractivity contribution in [3.8, 4) is 5.75 Å². The van der Waals surface area contributed by atoms with Gasteiger partial charge in [0.25, 0.3) is 0 Å². The number of rotatable bonds is 5. The molecule has 0 aliphatic rings. The summed E-state index contributed by atoms with van der Waals surface area (Å²) in [5.74, 6) is 0.669. The molecule has 0 unspecified atom stereocenters. The molecule has 0 radical (unpaired) electrons. The number of nitrogens with zero attached hydrogens (tertiary/aromatic N) is 2. The molecule has 150 valence electrons. The second kappa shape index (κ2) is 9.08. The van der Waals surface area contributed by atoms with Crippen LogP contribution < -0.4 is 4.74 Å². The van der Waals surface area contributed by atoms with E-state index in [2.05, 4.69) is 53.7 Å². The van der Waals surface area contributed by atoms with Crippen molar-refractivity contribution >= 4 is 46.5 Å². The Morgan fingerprint density at radius 3 is 2.45 bits per heavy atom. The Hall–Kier alpha value is -2.20. The number of hydrogen-bond donors (Lipinski definition) is 0. The minimum atomic E-state index is 0. The predicted molar refractivity (Wildman–Crippen MR) is 123 cm³/mol. The molecule has 6 heteroatoms. The molecular weight excluding hydrogens is 427 g/mol. The van der Waals surface area contributed by atoms with Gasteiger partial charge in [-0.15, -0.1) is 12.4 Å². The number of aryl methyl sites for hydroxylation is 1. The predicted octanol–water partition coefficient (Wildman–Crippen LogP) is 7.01. The van der Waals surface area contributed by atoms with E-state index in [4.69, 9.17) is 27.9 Å². The Bertz CT molecular complexity index is 1140. The molecule has 4 aromatic rings. The maximum atomic E-state index is 6.10. The summed E-state index contributed by atoms with van der Waals surface area (Å²) in [6.07, 6.45) is 1.84. The van der Waals surface area contributed by atoms with Crippen LogP contribution in [0.25, 0.3) is 10.9 Å². The van der Waals surface area contributed by atoms with Crippen LogP contribution in [0, 0.1) is 13.8 Å². The van der Waals surface area contributed by atoms with Gasteiger partial charge in [-0.25, -0.2) is 0 Å². The third-order valence-electron chi connectivity index (χ3n) is 5.07. The smallest absolute Gasteiger partial charge is 0.132 e. The third kappa shape index (κ3) is 4.37. The van der Waals surface area contributed by atoms with Crippen LogP contribution in [-0.4, -0.2) is 9.55 Å². The van der Waals surface area contributed by atoms with Gasteiger partial charge in [-0.2, -0.15) is 0 Å². The van der Waals surface area contributed by atoms with Crippen LogP contribution >= 0.6 is 35.6 Å². The Balaban J connectivity index is 0.00000240. The molecule has 0 aliphatic carbocycles. The molecule has 0 saturated carbocycles. The Morgan fingerprint density at radius 2 is 1.72 bits per heavy atom. The lowest BCUT2D eigenvalue weighted by molar-refractivity contribution is 0.302. The minimum absolute atomic E-state index is 0. The van der Waals surface area contributed by atoms with E-state index >= 15 is 0 Å². The number of ether oxygens (including phenoxy) is 1. The largest absolute Gasteiger partial charge is 0.487 e. The highest BCUT2D eigenvalue weighted by Gasteiger charge is 2.16. The van der Waals surface area contributed by atoms with E-state index in [0.29, 0.717) is 22.4 Å². The van der Waals surface area contributed by atoms with Crippen molar-refractivity contribution in [1.82, 2.24) is 9.55 Å². The van der Waals surface area contributed by atoms with Gasteiger partial charge < -0.3 is 9.30 Å². The summed E-state index contributed by atoms with van der Waals surface area (Å²) >= 11 is 12.1. The van der Waals surface area contributed by atoms with Crippen molar-refractivity contribution < 1.29 is 4.74 Å². The second-order valence-electron chi connectivity index (χ2n) is 6.80. The maximum Gasteiger partial charge on any atom is 0.132 e. The lowest BCUT2D eigenvalue weighted by Gasteiger charge is -2.12. The maximum absolute atomic E-state index is 6.10. The zero-order valence-electron chi connectivity index (χ0n) is 16.2. The van der Waals surface area contributed by atoms with E-state index in [1.165, 1.54) is 22.2 Å². The third-order valence-corrected chi connectivity index (χ3v) is 5.81. The van der Waals surface area contributed by atoms with E-state index < -0.39 is 0 Å². The summed E-state index contributed by atoms with van der Waals surface area (Å²) in [5, 5.41) is 2.19. The summed E-state index contributed by atoms with van der Waals surface area (Å²) in [5.41, 5.74) is 5.77. The van der Waals surface area contributed by atoms with Gasteiger partial charge in [-0.05, 0) is 43.2 Å². The lowest BCUT2D eigenvalue weighted by atomic mass is 10.2. The molecule has 0 spiro atoms. The highest BCUT2D eigenvalue weighted by molar-refractivity contribution is 6.42. The van der Waals surface area contributed by atoms with Gasteiger partial charge in [0, 0.05) is 29.9 Å². The first-order valence-electron chi connectivity index (χ1n) is 9.09. The minimum Gasteiger partial charge on any atom is -0.487 e. The van der Waals surface area contributed by atoms with Crippen molar-refractivity contribution in [2.24, 2.45) is 0 Å². The molecule has 2 aromatic carbocycles. The SMILES string of the molecule is Cc1c(C)n(Cc2ccccc2)c2c(COc3ccc(Cl)c(Cl)c3)nccc12.Cl. The highest BCUT2D eigenvalue weighted by Crippen LogP contribution is 2.30. The van der Waals surface area contributed by atoms with Crippen LogP contribution in [0.5, 0.6) is 5.75 Å². The van der Waals surface area contributed by atoms with Crippen LogP contribution in [0.1, 0.15) is 22.5 Å². The fraction of sp³-hybridized carbons (Fsp3) is 0.174. The number of halogens is 3. The topological polar surface area (TPSA) is 27.1 Å². The standard InChI is InChI=1S/C23H20Cl2N2O.ClH/c1-15-16(2)27(13-17-6-4-3-5-7-17)23-19(15)10-11-26-22(23)14-28-18-8-9-20(24)21(25)12-18;/h3-12H,13-14H2,1-2H3;1H. The summed E-state index contributed by atoms with van der Waals surface area (Å²) in [7, 11) is 0. The Kier molecular flexibility index (Phi) is 6.74. The van der Waals surface area contributed by atoms with Gasteiger partial charge in [0.2, 0.25) is 0 Å². The van der Waals surface area contributed by atoms with E-state index in [1.807, 2.05) is 18.3 Å². The van der Waals surface area contributed by atoms with Gasteiger partial charge >= 0.3 is 0 Å². The number of pyridine rings is 1. The van der Waals surface area contributed by atoms with Crippen molar-refractivity contribution in [3.05, 3.63) is 93.4 Å². The Labute approximate surface area is 186 Å².